The number of nitrogens with one attached hydrogen (secondary N) is 4. The molecule has 0 radical (unpaired) electrons. The largest absolute Gasteiger partial charge is 0.379 e. The van der Waals surface area contributed by atoms with E-state index in [2.05, 4.69) is 34.1 Å². The molecule has 3 aromatic rings. The van der Waals surface area contributed by atoms with E-state index in [9.17, 15) is 33.6 Å². The monoisotopic (exact) mass is 965 g/mol. The minimum absolute atomic E-state index is 0.00251. The third-order valence-corrected chi connectivity index (χ3v) is 14.0. The molecule has 6 saturated heterocycles. The van der Waals surface area contributed by atoms with E-state index in [4.69, 9.17) is 19.9 Å². The maximum absolute atomic E-state index is 14.4. The van der Waals surface area contributed by atoms with E-state index in [1.54, 1.807) is 24.3 Å². The summed E-state index contributed by atoms with van der Waals surface area (Å²) in [6.45, 7) is 9.09. The molecule has 6 heterocycles. The first-order valence-corrected chi connectivity index (χ1v) is 23.8. The van der Waals surface area contributed by atoms with Gasteiger partial charge in [-0.2, -0.15) is 5.32 Å². The average Bonchev–Trinajstić information content (AvgIpc) is 4.20. The molecule has 71 heavy (non-hydrogen) atoms. The lowest BCUT2D eigenvalue weighted by Crippen LogP contribution is -2.81. The van der Waals surface area contributed by atoms with Crippen LogP contribution in [0.4, 0.5) is 4.79 Å². The molecule has 12 atom stereocenters. The Morgan fingerprint density at radius 1 is 0.535 bits per heavy atom. The molecule has 0 bridgehead atoms. The summed E-state index contributed by atoms with van der Waals surface area (Å²) >= 11 is 0. The van der Waals surface area contributed by atoms with Gasteiger partial charge in [-0.1, -0.05) is 127 Å². The van der Waals surface area contributed by atoms with Crippen molar-refractivity contribution in [1.29, 1.82) is 0 Å². The number of guanidine groups is 1. The SMILES string of the molecule is C=CC1OC(/C=C\C2OC(/C=C\C3OC(C=C)C4C(=O)N(Cc5ccccc5)C(=O)C34)C3C(=O)N(CC[NH+]=C(N)NC(=O)NCc4ccccc4)C(=O)C23)C2C(=O)N(CCNCc3ccccc3)C(=O)C12. The van der Waals surface area contributed by atoms with Gasteiger partial charge >= 0.3 is 12.0 Å². The summed E-state index contributed by atoms with van der Waals surface area (Å²) in [5.74, 6) is -8.01. The predicted molar refractivity (Wildman–Crippen MR) is 256 cm³/mol. The molecule has 12 unspecified atom stereocenters. The zero-order valence-corrected chi connectivity index (χ0v) is 38.9. The zero-order chi connectivity index (χ0) is 49.8. The molecule has 6 aliphatic rings. The van der Waals surface area contributed by atoms with Crippen LogP contribution in [0.3, 0.4) is 0 Å². The van der Waals surface area contributed by atoms with Crippen LogP contribution < -0.4 is 26.7 Å². The first-order chi connectivity index (χ1) is 34.5. The number of imide groups is 3. The number of hydrogen-bond acceptors (Lipinski definition) is 11. The number of nitrogens with zero attached hydrogens (tertiary/aromatic N) is 3. The zero-order valence-electron chi connectivity index (χ0n) is 38.9. The Morgan fingerprint density at radius 3 is 1.37 bits per heavy atom. The number of nitrogens with two attached hydrogens (primary N) is 1. The van der Waals surface area contributed by atoms with Crippen LogP contribution in [-0.4, -0.2) is 125 Å². The lowest BCUT2D eigenvalue weighted by atomic mass is 9.86. The summed E-state index contributed by atoms with van der Waals surface area (Å²) in [7, 11) is 0. The lowest BCUT2D eigenvalue weighted by molar-refractivity contribution is -0.459. The van der Waals surface area contributed by atoms with Crippen molar-refractivity contribution < 1.29 is 52.8 Å². The van der Waals surface area contributed by atoms with Gasteiger partial charge in [-0.15, -0.1) is 13.2 Å². The molecule has 0 aromatic heterocycles. The van der Waals surface area contributed by atoms with Crippen molar-refractivity contribution in [3.63, 3.8) is 0 Å². The molecule has 0 aliphatic carbocycles. The van der Waals surface area contributed by atoms with Gasteiger partial charge in [-0.05, 0) is 16.7 Å². The van der Waals surface area contributed by atoms with Crippen molar-refractivity contribution in [3.8, 4) is 0 Å². The van der Waals surface area contributed by atoms with Gasteiger partial charge in [0.1, 0.15) is 0 Å². The summed E-state index contributed by atoms with van der Waals surface area (Å²) in [5, 5.41) is 8.50. The molecular weight excluding hydrogens is 909 g/mol. The number of rotatable bonds is 18. The van der Waals surface area contributed by atoms with Gasteiger partial charge in [0.05, 0.1) is 91.8 Å². The Bertz CT molecular complexity index is 2650. The second-order valence-corrected chi connectivity index (χ2v) is 18.3. The van der Waals surface area contributed by atoms with E-state index < -0.39 is 95.9 Å². The number of ether oxygens (including phenoxy) is 3. The van der Waals surface area contributed by atoms with Crippen LogP contribution in [0.1, 0.15) is 16.7 Å². The van der Waals surface area contributed by atoms with E-state index in [-0.39, 0.29) is 56.4 Å². The lowest BCUT2D eigenvalue weighted by Gasteiger charge is -2.21. The molecule has 0 saturated carbocycles. The van der Waals surface area contributed by atoms with E-state index in [0.717, 1.165) is 21.6 Å². The summed E-state index contributed by atoms with van der Waals surface area (Å²) in [4.78, 5) is 103. The fourth-order valence-electron chi connectivity index (χ4n) is 10.6. The molecule has 18 nitrogen and oxygen atoms in total. The van der Waals surface area contributed by atoms with E-state index in [0.29, 0.717) is 13.1 Å². The Kier molecular flexibility index (Phi) is 14.6. The summed E-state index contributed by atoms with van der Waals surface area (Å²) in [5.41, 5.74) is 8.80. The highest BCUT2D eigenvalue weighted by Gasteiger charge is 2.62. The third kappa shape index (κ3) is 9.88. The maximum atomic E-state index is 14.4. The van der Waals surface area contributed by atoms with Gasteiger partial charge in [0.2, 0.25) is 35.4 Å². The van der Waals surface area contributed by atoms with Gasteiger partial charge in [0, 0.05) is 26.2 Å². The number of likely N-dealkylation sites (tertiary alicyclic amines) is 3. The van der Waals surface area contributed by atoms with Gasteiger partial charge < -0.3 is 24.8 Å². The molecule has 6 N–H and O–H groups in total. The topological polar surface area (TPSA) is 233 Å². The number of urea groups is 1. The van der Waals surface area contributed by atoms with Gasteiger partial charge in [0.25, 0.3) is 0 Å². The number of amides is 8. The maximum Gasteiger partial charge on any atom is 0.379 e. The van der Waals surface area contributed by atoms with E-state index in [1.807, 2.05) is 91.0 Å². The summed E-state index contributed by atoms with van der Waals surface area (Å²) < 4.78 is 19.0. The number of fused-ring (bicyclic) bond motifs is 3. The highest BCUT2D eigenvalue weighted by atomic mass is 16.5. The average molecular weight is 966 g/mol. The first-order valence-electron chi connectivity index (χ1n) is 23.8. The molecule has 8 amide bonds. The van der Waals surface area contributed by atoms with Crippen LogP contribution in [0.5, 0.6) is 0 Å². The van der Waals surface area contributed by atoms with Gasteiger partial charge in [-0.25, -0.2) is 4.79 Å². The van der Waals surface area contributed by atoms with Crippen LogP contribution in [0.25, 0.3) is 0 Å². The fraction of sp³-hybridized carbons (Fsp3) is 0.358. The van der Waals surface area contributed by atoms with Crippen molar-refractivity contribution in [1.82, 2.24) is 30.7 Å². The van der Waals surface area contributed by atoms with Crippen LogP contribution >= 0.6 is 0 Å². The Hall–Kier alpha value is -7.38. The highest BCUT2D eigenvalue weighted by molar-refractivity contribution is 6.08. The van der Waals surface area contributed by atoms with Crippen LogP contribution in [0.15, 0.2) is 141 Å². The molecule has 368 valence electrons. The molecule has 9 rings (SSSR count). The summed E-state index contributed by atoms with van der Waals surface area (Å²) in [6, 6.07) is 27.7. The second kappa shape index (κ2) is 21.3. The van der Waals surface area contributed by atoms with E-state index >= 15 is 0 Å². The second-order valence-electron chi connectivity index (χ2n) is 18.3. The van der Waals surface area contributed by atoms with E-state index in [1.165, 1.54) is 22.0 Å². The molecular formula is C53H57N8O10+. The molecule has 0 spiro atoms. The summed E-state index contributed by atoms with van der Waals surface area (Å²) in [6.07, 6.45) is 4.17. The van der Waals surface area contributed by atoms with Crippen molar-refractivity contribution in [2.75, 3.05) is 26.2 Å². The van der Waals surface area contributed by atoms with Crippen molar-refractivity contribution in [2.45, 2.75) is 56.3 Å². The minimum atomic E-state index is -1.02. The smallest absolute Gasteiger partial charge is 0.365 e. The van der Waals surface area contributed by atoms with Crippen molar-refractivity contribution in [3.05, 3.63) is 157 Å². The number of carbonyl (C=O) groups is 7. The Morgan fingerprint density at radius 2 is 0.915 bits per heavy atom. The van der Waals surface area contributed by atoms with Crippen LogP contribution in [0, 0.1) is 35.5 Å². The molecule has 3 aromatic carbocycles. The number of hydrogen-bond donors (Lipinski definition) is 5. The Labute approximate surface area is 410 Å². The van der Waals surface area contributed by atoms with Crippen LogP contribution in [-0.2, 0) is 62.6 Å². The van der Waals surface area contributed by atoms with Crippen molar-refractivity contribution >= 4 is 47.4 Å². The number of carbonyl (C=O) groups excluding carboxylic acids is 7. The third-order valence-electron chi connectivity index (χ3n) is 14.0. The quantitative estimate of drug-likeness (QED) is 0.0385. The number of benzene rings is 3. The Balaban J connectivity index is 0.916. The standard InChI is InChI=1S/C53H56N8O10/c1-3-34-40-42(47(63)59(46(40)62)26-24-55-28-31-14-8-5-9-15-31)36(69-34)20-22-38-44-45(49(65)60(48(44)64)27-25-56-52(54)58-53(68)57-29-32-16-10-6-11-17-32)39(71-38)23-21-37-43-41(35(4-2)70-37)50(66)61(51(43)67)30-33-18-12-7-13-19-33/h3-23,34-45,55H,1-2,24-30H2,(H4,54,56,57,58,68)/p+1/b22-20-,23-21-. The molecule has 18 heteroatoms. The predicted octanol–water partition coefficient (Wildman–Crippen LogP) is 0.461. The molecule has 6 aliphatic heterocycles. The molecule has 6 fully saturated rings. The van der Waals surface area contributed by atoms with Gasteiger partial charge in [0.15, 0.2) is 0 Å². The van der Waals surface area contributed by atoms with Crippen LogP contribution in [0.2, 0.25) is 0 Å². The highest BCUT2D eigenvalue weighted by Crippen LogP contribution is 2.46. The fourth-order valence-corrected chi connectivity index (χ4v) is 10.6. The van der Waals surface area contributed by atoms with Crippen molar-refractivity contribution in [2.24, 2.45) is 41.2 Å². The normalized spacial score (nSPS) is 30.3. The van der Waals surface area contributed by atoms with Gasteiger partial charge in [-0.3, -0.25) is 54.2 Å². The first kappa shape index (κ1) is 48.6. The minimum Gasteiger partial charge on any atom is -0.365 e.